The van der Waals surface area contributed by atoms with Crippen LogP contribution in [0.5, 0.6) is 0 Å². The standard InChI is InChI=1S/C16H20N6S/c1-10-4-5-17-15(18-10)21-6-12-8-22(9-13(12)7-21)16-19-14(20-23-16)11-2-3-11/h4-5,11-13H,2-3,6-9H2,1H3. The highest BCUT2D eigenvalue weighted by atomic mass is 32.1. The molecule has 0 radical (unpaired) electrons. The first kappa shape index (κ1) is 13.7. The number of aryl methyl sites for hydroxylation is 1. The molecular weight excluding hydrogens is 308 g/mol. The lowest BCUT2D eigenvalue weighted by Crippen LogP contribution is -2.29. The molecule has 1 aliphatic carbocycles. The summed E-state index contributed by atoms with van der Waals surface area (Å²) in [5.41, 5.74) is 1.04. The van der Waals surface area contributed by atoms with Crippen molar-refractivity contribution in [3.05, 3.63) is 23.8 Å². The number of nitrogens with zero attached hydrogens (tertiary/aromatic N) is 6. The van der Waals surface area contributed by atoms with Gasteiger partial charge in [-0.3, -0.25) is 0 Å². The van der Waals surface area contributed by atoms with Crippen LogP contribution in [0.1, 0.15) is 30.3 Å². The quantitative estimate of drug-likeness (QED) is 0.860. The second-order valence-electron chi connectivity index (χ2n) is 7.04. The number of hydrogen-bond acceptors (Lipinski definition) is 7. The highest BCUT2D eigenvalue weighted by Gasteiger charge is 2.42. The van der Waals surface area contributed by atoms with Crippen LogP contribution in [0, 0.1) is 18.8 Å². The van der Waals surface area contributed by atoms with Crippen molar-refractivity contribution in [3.8, 4) is 0 Å². The van der Waals surface area contributed by atoms with Gasteiger partial charge in [0.25, 0.3) is 0 Å². The van der Waals surface area contributed by atoms with Gasteiger partial charge in [0.1, 0.15) is 5.82 Å². The van der Waals surface area contributed by atoms with E-state index in [2.05, 4.69) is 24.1 Å². The van der Waals surface area contributed by atoms with Crippen LogP contribution in [0.3, 0.4) is 0 Å². The zero-order chi connectivity index (χ0) is 15.4. The fourth-order valence-electron chi connectivity index (χ4n) is 3.76. The minimum Gasteiger partial charge on any atom is -0.346 e. The minimum absolute atomic E-state index is 0.649. The van der Waals surface area contributed by atoms with Crippen molar-refractivity contribution in [1.82, 2.24) is 19.3 Å². The molecule has 1 saturated carbocycles. The lowest BCUT2D eigenvalue weighted by Gasteiger charge is -2.21. The molecule has 2 saturated heterocycles. The molecule has 6 nitrogen and oxygen atoms in total. The zero-order valence-electron chi connectivity index (χ0n) is 13.2. The maximum Gasteiger partial charge on any atom is 0.225 e. The Labute approximate surface area is 139 Å². The molecule has 2 unspecified atom stereocenters. The molecule has 0 bridgehead atoms. The monoisotopic (exact) mass is 328 g/mol. The predicted molar refractivity (Wildman–Crippen MR) is 90.1 cm³/mol. The summed E-state index contributed by atoms with van der Waals surface area (Å²) in [5, 5.41) is 1.12. The third-order valence-corrected chi connectivity index (χ3v) is 5.99. The van der Waals surface area contributed by atoms with E-state index in [1.807, 2.05) is 19.2 Å². The van der Waals surface area contributed by atoms with Crippen LogP contribution >= 0.6 is 11.5 Å². The summed E-state index contributed by atoms with van der Waals surface area (Å²) in [6.45, 7) is 6.31. The minimum atomic E-state index is 0.649. The zero-order valence-corrected chi connectivity index (χ0v) is 14.0. The van der Waals surface area contributed by atoms with Gasteiger partial charge in [-0.1, -0.05) is 0 Å². The smallest absolute Gasteiger partial charge is 0.225 e. The Morgan fingerprint density at radius 2 is 1.78 bits per heavy atom. The number of rotatable bonds is 3. The highest BCUT2D eigenvalue weighted by Crippen LogP contribution is 2.41. The van der Waals surface area contributed by atoms with Gasteiger partial charge in [-0.15, -0.1) is 0 Å². The van der Waals surface area contributed by atoms with Crippen molar-refractivity contribution in [2.45, 2.75) is 25.7 Å². The van der Waals surface area contributed by atoms with Crippen molar-refractivity contribution in [1.29, 1.82) is 0 Å². The lowest BCUT2D eigenvalue weighted by atomic mass is 10.0. The molecule has 2 aromatic rings. The second kappa shape index (κ2) is 5.12. The van der Waals surface area contributed by atoms with Crippen molar-refractivity contribution in [2.75, 3.05) is 36.0 Å². The molecule has 23 heavy (non-hydrogen) atoms. The molecule has 4 heterocycles. The van der Waals surface area contributed by atoms with Crippen molar-refractivity contribution in [3.63, 3.8) is 0 Å². The second-order valence-corrected chi connectivity index (χ2v) is 7.77. The molecule has 0 spiro atoms. The van der Waals surface area contributed by atoms with Crippen LogP contribution in [0.4, 0.5) is 11.1 Å². The normalized spacial score (nSPS) is 26.8. The van der Waals surface area contributed by atoms with E-state index in [4.69, 9.17) is 4.98 Å². The number of fused-ring (bicyclic) bond motifs is 1. The van der Waals surface area contributed by atoms with Crippen molar-refractivity contribution in [2.24, 2.45) is 11.8 Å². The van der Waals surface area contributed by atoms with Gasteiger partial charge in [-0.2, -0.15) is 4.37 Å². The van der Waals surface area contributed by atoms with Gasteiger partial charge in [0.2, 0.25) is 11.1 Å². The third kappa shape index (κ3) is 2.47. The molecule has 2 atom stereocenters. The molecule has 0 N–H and O–H groups in total. The lowest BCUT2D eigenvalue weighted by molar-refractivity contribution is 0.533. The average Bonchev–Trinajstić information content (AvgIpc) is 2.96. The number of hydrogen-bond donors (Lipinski definition) is 0. The molecule has 2 aromatic heterocycles. The highest BCUT2D eigenvalue weighted by molar-refractivity contribution is 7.09. The van der Waals surface area contributed by atoms with Crippen molar-refractivity contribution >= 4 is 22.6 Å². The van der Waals surface area contributed by atoms with E-state index < -0.39 is 0 Å². The Bertz CT molecular complexity index is 713. The van der Waals surface area contributed by atoms with Crippen LogP contribution in [0.15, 0.2) is 12.3 Å². The SMILES string of the molecule is Cc1ccnc(N2CC3CN(c4nc(C5CC5)ns4)CC3C2)n1. The Morgan fingerprint density at radius 3 is 2.48 bits per heavy atom. The third-order valence-electron chi connectivity index (χ3n) is 5.20. The van der Waals surface area contributed by atoms with E-state index in [9.17, 15) is 0 Å². The fourth-order valence-corrected chi connectivity index (χ4v) is 4.53. The summed E-state index contributed by atoms with van der Waals surface area (Å²) in [6.07, 6.45) is 4.40. The molecule has 2 aliphatic heterocycles. The first-order valence-electron chi connectivity index (χ1n) is 8.39. The van der Waals surface area contributed by atoms with Gasteiger partial charge in [0.15, 0.2) is 0 Å². The van der Waals surface area contributed by atoms with Gasteiger partial charge in [-0.25, -0.2) is 15.0 Å². The van der Waals surface area contributed by atoms with Gasteiger partial charge in [0, 0.05) is 67.4 Å². The van der Waals surface area contributed by atoms with E-state index >= 15 is 0 Å². The topological polar surface area (TPSA) is 58.0 Å². The Morgan fingerprint density at radius 1 is 1.04 bits per heavy atom. The fraction of sp³-hybridized carbons (Fsp3) is 0.625. The van der Waals surface area contributed by atoms with Crippen LogP contribution in [0.25, 0.3) is 0 Å². The Balaban J connectivity index is 1.27. The summed E-state index contributed by atoms with van der Waals surface area (Å²) in [5.74, 6) is 3.99. The van der Waals surface area contributed by atoms with Crippen molar-refractivity contribution < 1.29 is 0 Å². The molecule has 3 fully saturated rings. The van der Waals surface area contributed by atoms with E-state index in [1.165, 1.54) is 12.8 Å². The van der Waals surface area contributed by atoms with Gasteiger partial charge >= 0.3 is 0 Å². The largest absolute Gasteiger partial charge is 0.346 e. The summed E-state index contributed by atoms with van der Waals surface area (Å²) >= 11 is 1.58. The van der Waals surface area contributed by atoms with E-state index in [0.29, 0.717) is 17.8 Å². The number of aromatic nitrogens is 4. The van der Waals surface area contributed by atoms with E-state index in [-0.39, 0.29) is 0 Å². The molecule has 3 aliphatic rings. The Kier molecular flexibility index (Phi) is 3.04. The molecule has 120 valence electrons. The molecule has 0 amide bonds. The van der Waals surface area contributed by atoms with Gasteiger partial charge in [-0.05, 0) is 25.8 Å². The first-order chi connectivity index (χ1) is 11.3. The molecular formula is C16H20N6S. The summed E-state index contributed by atoms with van der Waals surface area (Å²) in [4.78, 5) is 18.6. The van der Waals surface area contributed by atoms with E-state index in [1.54, 1.807) is 11.5 Å². The van der Waals surface area contributed by atoms with Crippen LogP contribution in [0.2, 0.25) is 0 Å². The first-order valence-corrected chi connectivity index (χ1v) is 9.17. The van der Waals surface area contributed by atoms with Crippen LogP contribution in [-0.4, -0.2) is 45.5 Å². The van der Waals surface area contributed by atoms with Crippen LogP contribution in [-0.2, 0) is 0 Å². The van der Waals surface area contributed by atoms with Gasteiger partial charge < -0.3 is 9.80 Å². The van der Waals surface area contributed by atoms with Gasteiger partial charge in [0.05, 0.1) is 0 Å². The average molecular weight is 328 g/mol. The number of anilines is 2. The molecule has 5 rings (SSSR count). The maximum atomic E-state index is 4.77. The summed E-state index contributed by atoms with van der Waals surface area (Å²) < 4.78 is 4.55. The maximum absolute atomic E-state index is 4.77. The summed E-state index contributed by atoms with van der Waals surface area (Å²) in [7, 11) is 0. The predicted octanol–water partition coefficient (Wildman–Crippen LogP) is 2.09. The van der Waals surface area contributed by atoms with E-state index in [0.717, 1.165) is 48.8 Å². The summed E-state index contributed by atoms with van der Waals surface area (Å²) in [6, 6.07) is 1.95. The van der Waals surface area contributed by atoms with Crippen LogP contribution < -0.4 is 9.80 Å². The molecule has 0 aromatic carbocycles. The Hall–Kier alpha value is -1.76. The molecule has 7 heteroatoms.